The number of fused-ring (bicyclic) bond motifs is 1. The van der Waals surface area contributed by atoms with Crippen LogP contribution in [0.2, 0.25) is 5.02 Å². The van der Waals surface area contributed by atoms with Crippen molar-refractivity contribution in [1.29, 1.82) is 0 Å². The molecule has 0 aliphatic rings. The van der Waals surface area contributed by atoms with Crippen LogP contribution >= 0.6 is 11.6 Å². The van der Waals surface area contributed by atoms with Gasteiger partial charge in [0.25, 0.3) is 0 Å². The van der Waals surface area contributed by atoms with E-state index in [0.29, 0.717) is 25.1 Å². The molecule has 1 heterocycles. The quantitative estimate of drug-likeness (QED) is 0.333. The lowest BCUT2D eigenvalue weighted by Gasteiger charge is -2.20. The first-order valence-electron chi connectivity index (χ1n) is 8.89. The third-order valence-electron chi connectivity index (χ3n) is 4.44. The molecule has 0 bridgehead atoms. The lowest BCUT2D eigenvalue weighted by Crippen LogP contribution is -2.41. The van der Waals surface area contributed by atoms with Crippen LogP contribution in [-0.2, 0) is 13.0 Å². The molecule has 0 aliphatic heterocycles. The molecule has 2 aromatic carbocycles. The van der Waals surface area contributed by atoms with Crippen LogP contribution in [0.4, 0.5) is 26.3 Å². The third-order valence-corrected chi connectivity index (χ3v) is 4.73. The van der Waals surface area contributed by atoms with Gasteiger partial charge < -0.3 is 15.0 Å². The molecule has 0 spiro atoms. The standard InChI is InChI=1S/C20H17ClF6N2O/c21-16-8-18-15(7-17(16)22)13(10-29-18)4-5-28-9-12-2-1-3-14(6-12)30-11-19(23,24)20(25,26)27/h1-3,6-8,10,28-29H,4-5,9,11H2. The molecule has 0 atom stereocenters. The summed E-state index contributed by atoms with van der Waals surface area (Å²) in [5.74, 6) is -5.52. The second-order valence-corrected chi connectivity index (χ2v) is 7.10. The number of benzene rings is 2. The Labute approximate surface area is 173 Å². The van der Waals surface area contributed by atoms with Crippen molar-refractivity contribution in [2.24, 2.45) is 0 Å². The summed E-state index contributed by atoms with van der Waals surface area (Å²) in [6, 6.07) is 8.76. The van der Waals surface area contributed by atoms with E-state index in [1.165, 1.54) is 30.3 Å². The van der Waals surface area contributed by atoms with Crippen LogP contribution in [0.3, 0.4) is 0 Å². The second-order valence-electron chi connectivity index (χ2n) is 6.69. The van der Waals surface area contributed by atoms with Gasteiger partial charge in [-0.1, -0.05) is 23.7 Å². The van der Waals surface area contributed by atoms with E-state index < -0.39 is 24.5 Å². The predicted octanol–water partition coefficient (Wildman–Crippen LogP) is 5.87. The molecule has 30 heavy (non-hydrogen) atoms. The van der Waals surface area contributed by atoms with E-state index >= 15 is 0 Å². The van der Waals surface area contributed by atoms with Crippen molar-refractivity contribution in [2.75, 3.05) is 13.2 Å². The predicted molar refractivity (Wildman–Crippen MR) is 102 cm³/mol. The van der Waals surface area contributed by atoms with Gasteiger partial charge >= 0.3 is 12.1 Å². The van der Waals surface area contributed by atoms with Crippen molar-refractivity contribution < 1.29 is 31.1 Å². The van der Waals surface area contributed by atoms with E-state index in [4.69, 9.17) is 11.6 Å². The number of nitrogens with one attached hydrogen (secondary N) is 2. The minimum absolute atomic E-state index is 0.0316. The topological polar surface area (TPSA) is 37.0 Å². The summed E-state index contributed by atoms with van der Waals surface area (Å²) in [5.41, 5.74) is 2.26. The summed E-state index contributed by atoms with van der Waals surface area (Å²) in [4.78, 5) is 3.02. The molecule has 1 aromatic heterocycles. The van der Waals surface area contributed by atoms with E-state index in [9.17, 15) is 26.3 Å². The van der Waals surface area contributed by atoms with Crippen LogP contribution in [0.1, 0.15) is 11.1 Å². The Morgan fingerprint density at radius 1 is 1.07 bits per heavy atom. The number of hydrogen-bond donors (Lipinski definition) is 2. The Balaban J connectivity index is 1.52. The number of ether oxygens (including phenoxy) is 1. The van der Waals surface area contributed by atoms with Crippen LogP contribution in [0.15, 0.2) is 42.6 Å². The lowest BCUT2D eigenvalue weighted by atomic mass is 10.1. The first-order valence-corrected chi connectivity index (χ1v) is 9.26. The molecule has 3 nitrogen and oxygen atoms in total. The number of aromatic nitrogens is 1. The summed E-state index contributed by atoms with van der Waals surface area (Å²) in [7, 11) is 0. The Kier molecular flexibility index (Phi) is 6.52. The lowest BCUT2D eigenvalue weighted by molar-refractivity contribution is -0.290. The number of alkyl halides is 5. The van der Waals surface area contributed by atoms with Crippen molar-refractivity contribution in [2.45, 2.75) is 25.1 Å². The summed E-state index contributed by atoms with van der Waals surface area (Å²) >= 11 is 5.76. The SMILES string of the molecule is Fc1cc2c(CCNCc3cccc(OCC(F)(F)C(F)(F)F)c3)c[nH]c2cc1Cl. The highest BCUT2D eigenvalue weighted by Crippen LogP contribution is 2.35. The fourth-order valence-electron chi connectivity index (χ4n) is 2.84. The second kappa shape index (κ2) is 8.77. The fourth-order valence-corrected chi connectivity index (χ4v) is 3.00. The van der Waals surface area contributed by atoms with E-state index in [1.54, 1.807) is 12.3 Å². The molecule has 10 heteroatoms. The highest BCUT2D eigenvalue weighted by Gasteiger charge is 2.58. The van der Waals surface area contributed by atoms with Gasteiger partial charge in [-0.2, -0.15) is 22.0 Å². The molecule has 3 aromatic rings. The molecule has 162 valence electrons. The zero-order valence-corrected chi connectivity index (χ0v) is 16.2. The molecule has 0 saturated heterocycles. The molecule has 0 saturated carbocycles. The molecule has 2 N–H and O–H groups in total. The van der Waals surface area contributed by atoms with Gasteiger partial charge in [0.2, 0.25) is 0 Å². The Morgan fingerprint density at radius 3 is 2.57 bits per heavy atom. The van der Waals surface area contributed by atoms with Crippen molar-refractivity contribution in [3.63, 3.8) is 0 Å². The first-order chi connectivity index (χ1) is 14.1. The van der Waals surface area contributed by atoms with Crippen molar-refractivity contribution >= 4 is 22.5 Å². The van der Waals surface area contributed by atoms with E-state index in [1.807, 2.05) is 0 Å². The van der Waals surface area contributed by atoms with Gasteiger partial charge in [-0.25, -0.2) is 4.39 Å². The summed E-state index contributed by atoms with van der Waals surface area (Å²) in [6.45, 7) is -0.918. The number of H-pyrrole nitrogens is 1. The Hall–Kier alpha value is -2.39. The monoisotopic (exact) mass is 450 g/mol. The van der Waals surface area contributed by atoms with Crippen molar-refractivity contribution in [3.05, 3.63) is 64.6 Å². The first kappa shape index (κ1) is 22.3. The van der Waals surface area contributed by atoms with Crippen LogP contribution < -0.4 is 10.1 Å². The van der Waals surface area contributed by atoms with Crippen molar-refractivity contribution in [1.82, 2.24) is 10.3 Å². The minimum atomic E-state index is -5.66. The van der Waals surface area contributed by atoms with Crippen LogP contribution in [0.5, 0.6) is 5.75 Å². The molecule has 0 fully saturated rings. The van der Waals surface area contributed by atoms with E-state index in [0.717, 1.165) is 16.5 Å². The third kappa shape index (κ3) is 5.20. The molecular formula is C20H17ClF6N2O. The van der Waals surface area contributed by atoms with Crippen LogP contribution in [0, 0.1) is 5.82 Å². The van der Waals surface area contributed by atoms with Crippen LogP contribution in [-0.4, -0.2) is 30.2 Å². The van der Waals surface area contributed by atoms with Gasteiger partial charge in [0.05, 0.1) is 5.02 Å². The minimum Gasteiger partial charge on any atom is -0.487 e. The molecule has 0 radical (unpaired) electrons. The normalized spacial score (nSPS) is 12.5. The zero-order valence-electron chi connectivity index (χ0n) is 15.4. The van der Waals surface area contributed by atoms with Gasteiger partial charge in [-0.05, 0) is 48.4 Å². The maximum absolute atomic E-state index is 13.7. The average molecular weight is 451 g/mol. The molecule has 3 rings (SSSR count). The summed E-state index contributed by atoms with van der Waals surface area (Å²) in [6.07, 6.45) is -3.32. The highest BCUT2D eigenvalue weighted by atomic mass is 35.5. The van der Waals surface area contributed by atoms with E-state index in [-0.39, 0.29) is 10.8 Å². The Bertz CT molecular complexity index is 1020. The summed E-state index contributed by atoms with van der Waals surface area (Å²) < 4.78 is 80.8. The molecule has 0 amide bonds. The molecule has 0 aliphatic carbocycles. The highest BCUT2D eigenvalue weighted by molar-refractivity contribution is 6.31. The number of rotatable bonds is 8. The smallest absolute Gasteiger partial charge is 0.456 e. The number of halogens is 7. The zero-order chi connectivity index (χ0) is 21.9. The largest absolute Gasteiger partial charge is 0.487 e. The number of hydrogen-bond acceptors (Lipinski definition) is 2. The Morgan fingerprint density at radius 2 is 1.83 bits per heavy atom. The van der Waals surface area contributed by atoms with E-state index in [2.05, 4.69) is 15.0 Å². The maximum atomic E-state index is 13.7. The fraction of sp³-hybridized carbons (Fsp3) is 0.300. The maximum Gasteiger partial charge on any atom is 0.456 e. The molecule has 0 unspecified atom stereocenters. The van der Waals surface area contributed by atoms with Gasteiger partial charge in [-0.15, -0.1) is 0 Å². The average Bonchev–Trinajstić information content (AvgIpc) is 3.05. The summed E-state index contributed by atoms with van der Waals surface area (Å²) in [5, 5.41) is 3.89. The molecular weight excluding hydrogens is 434 g/mol. The van der Waals surface area contributed by atoms with Crippen LogP contribution in [0.25, 0.3) is 10.9 Å². The van der Waals surface area contributed by atoms with Crippen molar-refractivity contribution in [3.8, 4) is 5.75 Å². The van der Waals surface area contributed by atoms with Gasteiger partial charge in [0, 0.05) is 23.6 Å². The van der Waals surface area contributed by atoms with Gasteiger partial charge in [0.15, 0.2) is 6.61 Å². The number of aromatic amines is 1. The van der Waals surface area contributed by atoms with Gasteiger partial charge in [0.1, 0.15) is 11.6 Å². The van der Waals surface area contributed by atoms with Gasteiger partial charge in [-0.3, -0.25) is 0 Å².